The molecule has 2 aliphatic heterocycles. The first kappa shape index (κ1) is 14.9. The number of nitrogens with zero attached hydrogens (tertiary/aromatic N) is 3. The van der Waals surface area contributed by atoms with Crippen LogP contribution in [0.5, 0.6) is 0 Å². The number of fused-ring (bicyclic) bond motifs is 1. The minimum Gasteiger partial charge on any atom is -0.366 e. The van der Waals surface area contributed by atoms with Crippen LogP contribution in [0.4, 0.5) is 0 Å². The SMILES string of the molecule is NC(=O)c1cnn(C2CN(C(=O)C3OCCc4ccccc43)C2)c1. The molecule has 124 valence electrons. The van der Waals surface area contributed by atoms with Crippen LogP contribution in [-0.4, -0.2) is 46.2 Å². The summed E-state index contributed by atoms with van der Waals surface area (Å²) >= 11 is 0. The lowest BCUT2D eigenvalue weighted by Gasteiger charge is -2.41. The fraction of sp³-hybridized carbons (Fsp3) is 0.353. The van der Waals surface area contributed by atoms with Crippen molar-refractivity contribution in [3.05, 3.63) is 53.3 Å². The van der Waals surface area contributed by atoms with E-state index >= 15 is 0 Å². The molecule has 3 heterocycles. The van der Waals surface area contributed by atoms with Gasteiger partial charge in [0.05, 0.1) is 24.4 Å². The van der Waals surface area contributed by atoms with Crippen molar-refractivity contribution >= 4 is 11.8 Å². The number of ether oxygens (including phenoxy) is 1. The van der Waals surface area contributed by atoms with Crippen LogP contribution in [0, 0.1) is 0 Å². The lowest BCUT2D eigenvalue weighted by atomic mass is 9.95. The average Bonchev–Trinajstić information content (AvgIpc) is 3.02. The predicted molar refractivity (Wildman–Crippen MR) is 85.2 cm³/mol. The molecule has 7 nitrogen and oxygen atoms in total. The number of rotatable bonds is 3. The van der Waals surface area contributed by atoms with Crippen LogP contribution in [-0.2, 0) is 16.0 Å². The van der Waals surface area contributed by atoms with Crippen LogP contribution in [0.2, 0.25) is 0 Å². The number of nitrogens with two attached hydrogens (primary N) is 1. The minimum atomic E-state index is -0.519. The van der Waals surface area contributed by atoms with E-state index in [0.29, 0.717) is 25.3 Å². The topological polar surface area (TPSA) is 90.5 Å². The third-order valence-corrected chi connectivity index (χ3v) is 4.65. The standard InChI is InChI=1S/C17H18N4O3/c18-16(22)12-7-19-21(8-12)13-9-20(10-13)17(23)15-14-4-2-1-3-11(14)5-6-24-15/h1-4,7-8,13,15H,5-6,9-10H2,(H2,18,22). The highest BCUT2D eigenvalue weighted by Gasteiger charge is 2.38. The van der Waals surface area contributed by atoms with E-state index in [0.717, 1.165) is 12.0 Å². The molecule has 0 saturated carbocycles. The number of hydrogen-bond donors (Lipinski definition) is 1. The van der Waals surface area contributed by atoms with E-state index in [-0.39, 0.29) is 11.9 Å². The van der Waals surface area contributed by atoms with Gasteiger partial charge >= 0.3 is 0 Å². The van der Waals surface area contributed by atoms with E-state index in [4.69, 9.17) is 10.5 Å². The van der Waals surface area contributed by atoms with Gasteiger partial charge in [0.25, 0.3) is 11.8 Å². The lowest BCUT2D eigenvalue weighted by Crippen LogP contribution is -2.53. The van der Waals surface area contributed by atoms with E-state index in [1.165, 1.54) is 11.8 Å². The van der Waals surface area contributed by atoms with Crippen molar-refractivity contribution in [1.29, 1.82) is 0 Å². The summed E-state index contributed by atoms with van der Waals surface area (Å²) in [6.07, 6.45) is 3.40. The van der Waals surface area contributed by atoms with Crippen molar-refractivity contribution in [2.75, 3.05) is 19.7 Å². The fourth-order valence-electron chi connectivity index (χ4n) is 3.23. The number of hydrogen-bond acceptors (Lipinski definition) is 4. The summed E-state index contributed by atoms with van der Waals surface area (Å²) in [4.78, 5) is 25.6. The van der Waals surface area contributed by atoms with E-state index in [1.807, 2.05) is 24.3 Å². The largest absolute Gasteiger partial charge is 0.366 e. The van der Waals surface area contributed by atoms with Crippen molar-refractivity contribution in [2.45, 2.75) is 18.6 Å². The highest BCUT2D eigenvalue weighted by molar-refractivity contribution is 5.92. The Kier molecular flexibility index (Phi) is 3.57. The van der Waals surface area contributed by atoms with Crippen molar-refractivity contribution in [2.24, 2.45) is 5.73 Å². The van der Waals surface area contributed by atoms with Crippen LogP contribution in [0.1, 0.15) is 33.6 Å². The Morgan fingerprint density at radius 2 is 2.04 bits per heavy atom. The highest BCUT2D eigenvalue weighted by atomic mass is 16.5. The highest BCUT2D eigenvalue weighted by Crippen LogP contribution is 2.31. The molecule has 24 heavy (non-hydrogen) atoms. The Balaban J connectivity index is 1.44. The maximum atomic E-state index is 12.7. The van der Waals surface area contributed by atoms with E-state index in [9.17, 15) is 9.59 Å². The van der Waals surface area contributed by atoms with E-state index < -0.39 is 12.0 Å². The van der Waals surface area contributed by atoms with Crippen molar-refractivity contribution in [3.63, 3.8) is 0 Å². The summed E-state index contributed by atoms with van der Waals surface area (Å²) < 4.78 is 7.42. The van der Waals surface area contributed by atoms with Gasteiger partial charge in [0.15, 0.2) is 6.10 Å². The number of benzene rings is 1. The normalized spacial score (nSPS) is 20.3. The van der Waals surface area contributed by atoms with Crippen LogP contribution in [0.25, 0.3) is 0 Å². The number of aromatic nitrogens is 2. The van der Waals surface area contributed by atoms with Gasteiger partial charge in [0.2, 0.25) is 0 Å². The zero-order valence-electron chi connectivity index (χ0n) is 13.1. The number of carbonyl (C=O) groups excluding carboxylic acids is 2. The van der Waals surface area contributed by atoms with Crippen molar-refractivity contribution in [3.8, 4) is 0 Å². The monoisotopic (exact) mass is 326 g/mol. The third kappa shape index (κ3) is 2.46. The molecule has 0 radical (unpaired) electrons. The van der Waals surface area contributed by atoms with Crippen molar-refractivity contribution < 1.29 is 14.3 Å². The molecule has 0 spiro atoms. The molecule has 2 aliphatic rings. The van der Waals surface area contributed by atoms with Gasteiger partial charge in [-0.15, -0.1) is 0 Å². The molecule has 0 bridgehead atoms. The summed E-state index contributed by atoms with van der Waals surface area (Å²) in [5.41, 5.74) is 7.75. The Morgan fingerprint density at radius 3 is 2.79 bits per heavy atom. The molecule has 2 aromatic rings. The van der Waals surface area contributed by atoms with Gasteiger partial charge in [-0.25, -0.2) is 0 Å². The lowest BCUT2D eigenvalue weighted by molar-refractivity contribution is -0.151. The maximum absolute atomic E-state index is 12.7. The second-order valence-electron chi connectivity index (χ2n) is 6.17. The average molecular weight is 326 g/mol. The molecule has 1 fully saturated rings. The fourth-order valence-corrected chi connectivity index (χ4v) is 3.23. The molecular formula is C17H18N4O3. The first-order valence-corrected chi connectivity index (χ1v) is 7.95. The number of primary amides is 1. The summed E-state index contributed by atoms with van der Waals surface area (Å²) in [5, 5.41) is 4.15. The Hall–Kier alpha value is -2.67. The molecule has 1 atom stereocenters. The smallest absolute Gasteiger partial charge is 0.256 e. The first-order chi connectivity index (χ1) is 11.6. The molecule has 2 amide bonds. The van der Waals surface area contributed by atoms with E-state index in [1.54, 1.807) is 15.8 Å². The summed E-state index contributed by atoms with van der Waals surface area (Å²) in [5.74, 6) is -0.513. The van der Waals surface area contributed by atoms with Crippen LogP contribution in [0.3, 0.4) is 0 Å². The van der Waals surface area contributed by atoms with Gasteiger partial charge in [-0.1, -0.05) is 24.3 Å². The van der Waals surface area contributed by atoms with Crippen LogP contribution in [0.15, 0.2) is 36.7 Å². The molecular weight excluding hydrogens is 308 g/mol. The minimum absolute atomic E-state index is 0.0133. The zero-order valence-corrected chi connectivity index (χ0v) is 13.1. The van der Waals surface area contributed by atoms with Gasteiger partial charge in [0.1, 0.15) is 0 Å². The summed E-state index contributed by atoms with van der Waals surface area (Å²) in [6.45, 7) is 1.67. The molecule has 0 aliphatic carbocycles. The third-order valence-electron chi connectivity index (χ3n) is 4.65. The quantitative estimate of drug-likeness (QED) is 0.898. The van der Waals surface area contributed by atoms with Gasteiger partial charge in [0, 0.05) is 19.3 Å². The molecule has 1 saturated heterocycles. The van der Waals surface area contributed by atoms with Crippen molar-refractivity contribution in [1.82, 2.24) is 14.7 Å². The molecule has 2 N–H and O–H groups in total. The van der Waals surface area contributed by atoms with Gasteiger partial charge in [-0.05, 0) is 17.5 Å². The molecule has 1 aromatic heterocycles. The first-order valence-electron chi connectivity index (χ1n) is 7.95. The van der Waals surface area contributed by atoms with Gasteiger partial charge in [-0.3, -0.25) is 14.3 Å². The molecule has 7 heteroatoms. The second-order valence-corrected chi connectivity index (χ2v) is 6.17. The number of likely N-dealkylation sites (tertiary alicyclic amines) is 1. The Bertz CT molecular complexity index is 795. The molecule has 4 rings (SSSR count). The maximum Gasteiger partial charge on any atom is 0.256 e. The predicted octanol–water partition coefficient (Wildman–Crippen LogP) is 0.679. The number of carbonyl (C=O) groups is 2. The molecule has 1 aromatic carbocycles. The van der Waals surface area contributed by atoms with Gasteiger partial charge < -0.3 is 15.4 Å². The Labute approximate surface area is 139 Å². The van der Waals surface area contributed by atoms with Crippen LogP contribution >= 0.6 is 0 Å². The Morgan fingerprint density at radius 1 is 1.25 bits per heavy atom. The molecule has 1 unspecified atom stereocenters. The zero-order chi connectivity index (χ0) is 16.7. The number of amides is 2. The summed E-state index contributed by atoms with van der Waals surface area (Å²) in [7, 11) is 0. The summed E-state index contributed by atoms with van der Waals surface area (Å²) in [6, 6.07) is 8.00. The van der Waals surface area contributed by atoms with Gasteiger partial charge in [-0.2, -0.15) is 5.10 Å². The van der Waals surface area contributed by atoms with E-state index in [2.05, 4.69) is 5.10 Å². The van der Waals surface area contributed by atoms with Crippen LogP contribution < -0.4 is 5.73 Å². The second kappa shape index (κ2) is 5.76.